The summed E-state index contributed by atoms with van der Waals surface area (Å²) in [6.45, 7) is 7.45. The SMILES string of the molecule is C=CC(=O)N1CCC(N(C)c2nc(OCC34CCCN3CC(OC)C4)nc3c(F)c(-c4ccc(F)c5sc(N)c(C#N)c45)c(C(F)(F)F)cc23)C1C. The van der Waals surface area contributed by atoms with Gasteiger partial charge in [-0.2, -0.15) is 28.4 Å². The minimum absolute atomic E-state index is 0.00836. The van der Waals surface area contributed by atoms with Crippen molar-refractivity contribution >= 4 is 49.1 Å². The van der Waals surface area contributed by atoms with Crippen LogP contribution in [0, 0.1) is 23.0 Å². The van der Waals surface area contributed by atoms with Crippen molar-refractivity contribution in [2.75, 3.05) is 51.0 Å². The fourth-order valence-electron chi connectivity index (χ4n) is 8.37. The number of likely N-dealkylation sites (tertiary alicyclic amines) is 1. The van der Waals surface area contributed by atoms with E-state index in [1.54, 1.807) is 24.0 Å². The third-order valence-corrected chi connectivity index (χ3v) is 12.0. The molecule has 3 aliphatic rings. The van der Waals surface area contributed by atoms with Crippen LogP contribution in [0.3, 0.4) is 0 Å². The molecule has 16 heteroatoms. The van der Waals surface area contributed by atoms with Crippen LogP contribution in [0.15, 0.2) is 30.9 Å². The first-order chi connectivity index (χ1) is 24.7. The van der Waals surface area contributed by atoms with Crippen LogP contribution in [0.2, 0.25) is 0 Å². The minimum atomic E-state index is -5.11. The molecule has 0 aliphatic carbocycles. The quantitative estimate of drug-likeness (QED) is 0.159. The summed E-state index contributed by atoms with van der Waals surface area (Å²) < 4.78 is 89.1. The number of amides is 1. The summed E-state index contributed by atoms with van der Waals surface area (Å²) >= 11 is 0.693. The summed E-state index contributed by atoms with van der Waals surface area (Å²) in [5.74, 6) is -2.48. The largest absolute Gasteiger partial charge is 0.461 e. The van der Waals surface area contributed by atoms with Crippen LogP contribution < -0.4 is 15.4 Å². The Bertz CT molecular complexity index is 2150. The second kappa shape index (κ2) is 13.1. The van der Waals surface area contributed by atoms with Crippen molar-refractivity contribution in [3.05, 3.63) is 53.6 Å². The zero-order valence-electron chi connectivity index (χ0n) is 28.7. The molecule has 1 amide bonds. The fraction of sp³-hybridized carbons (Fsp3) is 0.444. The minimum Gasteiger partial charge on any atom is -0.461 e. The van der Waals surface area contributed by atoms with Crippen molar-refractivity contribution in [2.24, 2.45) is 0 Å². The Morgan fingerprint density at radius 1 is 1.29 bits per heavy atom. The first kappa shape index (κ1) is 35.8. The number of benzene rings is 2. The van der Waals surface area contributed by atoms with E-state index < -0.39 is 46.5 Å². The lowest BCUT2D eigenvalue weighted by molar-refractivity contribution is -0.137. The standard InChI is InChI=1S/C36H36F5N7O3S/c1-5-26(49)48-12-9-25(18(48)2)46(3)33-21-13-23(36(39,40)41)28(20-7-8-24(37)31-27(20)22(15-42)32(43)52-31)29(38)30(21)44-34(45-33)51-17-35-10-6-11-47(35)16-19(14-35)50-4/h5,7-8,13,18-19,25H,1,6,9-12,14,16-17,43H2,2-4H3. The Morgan fingerprint density at radius 3 is 2.75 bits per heavy atom. The summed E-state index contributed by atoms with van der Waals surface area (Å²) in [5, 5.41) is 9.29. The van der Waals surface area contributed by atoms with Gasteiger partial charge in [-0.1, -0.05) is 12.6 Å². The van der Waals surface area contributed by atoms with Gasteiger partial charge in [-0.05, 0) is 62.9 Å². The Hall–Kier alpha value is -4.59. The lowest BCUT2D eigenvalue weighted by atomic mass is 9.92. The van der Waals surface area contributed by atoms with Gasteiger partial charge in [0.05, 0.1) is 33.5 Å². The predicted molar refractivity (Wildman–Crippen MR) is 187 cm³/mol. The summed E-state index contributed by atoms with van der Waals surface area (Å²) in [6.07, 6.45) is -1.02. The Labute approximate surface area is 300 Å². The molecule has 3 saturated heterocycles. The Balaban J connectivity index is 1.44. The van der Waals surface area contributed by atoms with E-state index in [1.807, 2.05) is 13.0 Å². The number of carbonyl (C=O) groups excluding carboxylic acids is 1. The second-order valence-electron chi connectivity index (χ2n) is 13.7. The highest BCUT2D eigenvalue weighted by molar-refractivity contribution is 7.23. The molecular formula is C36H36F5N7O3S. The van der Waals surface area contributed by atoms with Gasteiger partial charge in [0.1, 0.15) is 34.8 Å². The predicted octanol–water partition coefficient (Wildman–Crippen LogP) is 6.51. The van der Waals surface area contributed by atoms with Crippen molar-refractivity contribution < 1.29 is 36.2 Å². The number of nitrogen functional groups attached to an aromatic ring is 1. The fourth-order valence-corrected chi connectivity index (χ4v) is 9.32. The van der Waals surface area contributed by atoms with Gasteiger partial charge in [-0.25, -0.2) is 8.78 Å². The molecule has 4 atom stereocenters. The molecule has 0 saturated carbocycles. The molecule has 0 radical (unpaired) electrons. The van der Waals surface area contributed by atoms with Gasteiger partial charge in [0, 0.05) is 49.6 Å². The molecule has 7 rings (SSSR count). The van der Waals surface area contributed by atoms with Crippen molar-refractivity contribution in [1.82, 2.24) is 19.8 Å². The highest BCUT2D eigenvalue weighted by Crippen LogP contribution is 2.48. The van der Waals surface area contributed by atoms with Gasteiger partial charge < -0.3 is 25.0 Å². The zero-order chi connectivity index (χ0) is 37.3. The zero-order valence-corrected chi connectivity index (χ0v) is 29.5. The van der Waals surface area contributed by atoms with Crippen molar-refractivity contribution in [3.63, 3.8) is 0 Å². The monoisotopic (exact) mass is 741 g/mol. The van der Waals surface area contributed by atoms with Gasteiger partial charge >= 0.3 is 12.2 Å². The average molecular weight is 742 g/mol. The molecule has 2 N–H and O–H groups in total. The molecule has 274 valence electrons. The number of halogens is 5. The average Bonchev–Trinajstić information content (AvgIpc) is 3.87. The van der Waals surface area contributed by atoms with Crippen molar-refractivity contribution in [1.29, 1.82) is 5.26 Å². The molecule has 0 spiro atoms. The number of alkyl halides is 3. The van der Waals surface area contributed by atoms with Gasteiger partial charge in [0.15, 0.2) is 5.82 Å². The van der Waals surface area contributed by atoms with Gasteiger partial charge in [0.2, 0.25) is 5.91 Å². The lowest BCUT2D eigenvalue weighted by Gasteiger charge is -2.33. The first-order valence-electron chi connectivity index (χ1n) is 16.8. The molecule has 5 heterocycles. The molecule has 52 heavy (non-hydrogen) atoms. The van der Waals surface area contributed by atoms with Gasteiger partial charge in [-0.15, -0.1) is 11.3 Å². The number of ether oxygens (including phenoxy) is 2. The maximum atomic E-state index is 17.2. The normalized spacial score (nSPS) is 23.4. The van der Waals surface area contributed by atoms with E-state index in [2.05, 4.69) is 21.4 Å². The maximum Gasteiger partial charge on any atom is 0.417 e. The van der Waals surface area contributed by atoms with E-state index in [0.717, 1.165) is 37.6 Å². The molecule has 3 fully saturated rings. The lowest BCUT2D eigenvalue weighted by Crippen LogP contribution is -2.44. The Morgan fingerprint density at radius 2 is 2.06 bits per heavy atom. The topological polar surface area (TPSA) is 121 Å². The smallest absolute Gasteiger partial charge is 0.417 e. The van der Waals surface area contributed by atoms with E-state index in [-0.39, 0.29) is 67.6 Å². The number of nitriles is 1. The van der Waals surface area contributed by atoms with E-state index in [1.165, 1.54) is 6.08 Å². The van der Waals surface area contributed by atoms with Crippen molar-refractivity contribution in [2.45, 2.75) is 62.5 Å². The van der Waals surface area contributed by atoms with Crippen molar-refractivity contribution in [3.8, 4) is 23.2 Å². The number of rotatable bonds is 8. The van der Waals surface area contributed by atoms with E-state index in [9.17, 15) is 14.4 Å². The molecule has 10 nitrogen and oxygen atoms in total. The highest BCUT2D eigenvalue weighted by Gasteiger charge is 2.49. The maximum absolute atomic E-state index is 17.2. The molecule has 4 unspecified atom stereocenters. The van der Waals surface area contributed by atoms with Gasteiger partial charge in [0.25, 0.3) is 0 Å². The van der Waals surface area contributed by atoms with Crippen LogP contribution in [-0.2, 0) is 15.7 Å². The molecule has 4 aromatic rings. The number of thiophene rings is 1. The summed E-state index contributed by atoms with van der Waals surface area (Å²) in [7, 11) is 3.28. The molecule has 2 aromatic heterocycles. The van der Waals surface area contributed by atoms with Crippen LogP contribution in [0.4, 0.5) is 32.8 Å². The van der Waals surface area contributed by atoms with E-state index in [4.69, 9.17) is 15.2 Å². The van der Waals surface area contributed by atoms with E-state index in [0.29, 0.717) is 37.3 Å². The number of aromatic nitrogens is 2. The first-order valence-corrected chi connectivity index (χ1v) is 17.6. The number of hydrogen-bond acceptors (Lipinski definition) is 10. The summed E-state index contributed by atoms with van der Waals surface area (Å²) in [6, 6.07) is 3.50. The summed E-state index contributed by atoms with van der Waals surface area (Å²) in [5.41, 5.74) is 2.25. The second-order valence-corrected chi connectivity index (χ2v) is 14.7. The van der Waals surface area contributed by atoms with Crippen LogP contribution in [0.1, 0.15) is 43.7 Å². The number of anilines is 2. The number of hydrogen-bond donors (Lipinski definition) is 1. The van der Waals surface area contributed by atoms with Crippen LogP contribution in [0.25, 0.3) is 32.1 Å². The third kappa shape index (κ3) is 5.69. The molecule has 0 bridgehead atoms. The highest BCUT2D eigenvalue weighted by atomic mass is 32.1. The number of carbonyl (C=O) groups is 1. The van der Waals surface area contributed by atoms with Gasteiger partial charge in [-0.3, -0.25) is 9.69 Å². The van der Waals surface area contributed by atoms with Crippen LogP contribution in [-0.4, -0.2) is 89.8 Å². The molecule has 2 aromatic carbocycles. The molecular weight excluding hydrogens is 705 g/mol. The Kier molecular flexibility index (Phi) is 9.03. The summed E-state index contributed by atoms with van der Waals surface area (Å²) in [4.78, 5) is 27.1. The molecule has 3 aliphatic heterocycles. The number of nitrogens with zero attached hydrogens (tertiary/aromatic N) is 6. The third-order valence-electron chi connectivity index (χ3n) is 11.0. The number of methoxy groups -OCH3 is 1. The van der Waals surface area contributed by atoms with Crippen LogP contribution in [0.5, 0.6) is 6.01 Å². The number of nitrogens with two attached hydrogens (primary N) is 1. The number of likely N-dealkylation sites (N-methyl/N-ethyl adjacent to an activating group) is 1. The van der Waals surface area contributed by atoms with Crippen LogP contribution >= 0.6 is 11.3 Å². The van der Waals surface area contributed by atoms with E-state index >= 15 is 17.6 Å². The number of fused-ring (bicyclic) bond motifs is 3.